The fourth-order valence-corrected chi connectivity index (χ4v) is 3.16. The van der Waals surface area contributed by atoms with E-state index in [1.807, 2.05) is 10.6 Å². The number of imidazole rings is 1. The van der Waals surface area contributed by atoms with E-state index >= 15 is 0 Å². The Morgan fingerprint density at radius 2 is 2.14 bits per heavy atom. The molecule has 6 heteroatoms. The number of hydrogen-bond acceptors (Lipinski definition) is 4. The minimum atomic E-state index is 0.469. The van der Waals surface area contributed by atoms with E-state index in [1.54, 1.807) is 12.4 Å². The quantitative estimate of drug-likeness (QED) is 0.691. The SMILES string of the molecule is Clc1ccc2ncn(Cc3cc(C4CCCC4)on3)c2n1. The van der Waals surface area contributed by atoms with Crippen LogP contribution < -0.4 is 0 Å². The Morgan fingerprint density at radius 3 is 3.00 bits per heavy atom. The van der Waals surface area contributed by atoms with E-state index in [1.165, 1.54) is 25.7 Å². The molecule has 1 aliphatic carbocycles. The number of rotatable bonds is 3. The molecule has 3 heterocycles. The Kier molecular flexibility index (Phi) is 3.15. The van der Waals surface area contributed by atoms with Crippen LogP contribution in [-0.4, -0.2) is 19.7 Å². The highest BCUT2D eigenvalue weighted by atomic mass is 35.5. The van der Waals surface area contributed by atoms with Crippen LogP contribution >= 0.6 is 11.6 Å². The summed E-state index contributed by atoms with van der Waals surface area (Å²) in [6.45, 7) is 0.597. The van der Waals surface area contributed by atoms with Crippen molar-refractivity contribution in [3.63, 3.8) is 0 Å². The van der Waals surface area contributed by atoms with Crippen LogP contribution in [-0.2, 0) is 6.54 Å². The third-order valence-corrected chi connectivity index (χ3v) is 4.31. The highest BCUT2D eigenvalue weighted by molar-refractivity contribution is 6.29. The van der Waals surface area contributed by atoms with Gasteiger partial charge in [-0.2, -0.15) is 0 Å². The van der Waals surface area contributed by atoms with Crippen LogP contribution in [0.3, 0.4) is 0 Å². The lowest BCUT2D eigenvalue weighted by Gasteiger charge is -2.01. The van der Waals surface area contributed by atoms with E-state index in [-0.39, 0.29) is 0 Å². The van der Waals surface area contributed by atoms with Crippen LogP contribution in [0.1, 0.15) is 43.1 Å². The molecule has 0 unspecified atom stereocenters. The lowest BCUT2D eigenvalue weighted by atomic mass is 10.1. The Bertz CT molecular complexity index is 773. The van der Waals surface area contributed by atoms with Gasteiger partial charge in [0, 0.05) is 12.0 Å². The minimum Gasteiger partial charge on any atom is -0.361 e. The topological polar surface area (TPSA) is 56.7 Å². The zero-order chi connectivity index (χ0) is 14.2. The summed E-state index contributed by atoms with van der Waals surface area (Å²) < 4.78 is 7.44. The van der Waals surface area contributed by atoms with Gasteiger partial charge < -0.3 is 9.09 Å². The number of pyridine rings is 1. The molecule has 1 saturated carbocycles. The van der Waals surface area contributed by atoms with Crippen LogP contribution in [0.5, 0.6) is 0 Å². The van der Waals surface area contributed by atoms with Crippen molar-refractivity contribution >= 4 is 22.8 Å². The molecular formula is C15H15ClN4O. The molecule has 5 nitrogen and oxygen atoms in total. The summed E-state index contributed by atoms with van der Waals surface area (Å²) in [6.07, 6.45) is 6.75. The highest BCUT2D eigenvalue weighted by Gasteiger charge is 2.21. The molecule has 0 radical (unpaired) electrons. The van der Waals surface area contributed by atoms with Crippen LogP contribution in [0.15, 0.2) is 29.0 Å². The molecule has 0 bridgehead atoms. The number of fused-ring (bicyclic) bond motifs is 1. The van der Waals surface area contributed by atoms with Gasteiger partial charge in [0.1, 0.15) is 22.1 Å². The van der Waals surface area contributed by atoms with E-state index in [9.17, 15) is 0 Å². The van der Waals surface area contributed by atoms with Gasteiger partial charge in [-0.05, 0) is 25.0 Å². The van der Waals surface area contributed by atoms with Gasteiger partial charge in [-0.15, -0.1) is 0 Å². The third kappa shape index (κ3) is 2.42. The maximum absolute atomic E-state index is 5.95. The molecule has 3 aromatic rings. The van der Waals surface area contributed by atoms with Crippen LogP contribution in [0.4, 0.5) is 0 Å². The molecule has 4 rings (SSSR count). The average molecular weight is 303 g/mol. The molecule has 0 aromatic carbocycles. The Labute approximate surface area is 126 Å². The second kappa shape index (κ2) is 5.15. The van der Waals surface area contributed by atoms with Gasteiger partial charge in [0.2, 0.25) is 0 Å². The molecule has 0 N–H and O–H groups in total. The van der Waals surface area contributed by atoms with Gasteiger partial charge in [-0.25, -0.2) is 9.97 Å². The second-order valence-electron chi connectivity index (χ2n) is 5.55. The molecule has 0 saturated heterocycles. The van der Waals surface area contributed by atoms with Gasteiger partial charge in [0.25, 0.3) is 0 Å². The van der Waals surface area contributed by atoms with Gasteiger partial charge in [-0.1, -0.05) is 29.6 Å². The first kappa shape index (κ1) is 12.8. The molecule has 108 valence electrons. The summed E-state index contributed by atoms with van der Waals surface area (Å²) >= 11 is 5.95. The van der Waals surface area contributed by atoms with Crippen LogP contribution in [0.25, 0.3) is 11.2 Å². The number of aromatic nitrogens is 4. The zero-order valence-corrected chi connectivity index (χ0v) is 12.3. The van der Waals surface area contributed by atoms with E-state index in [4.69, 9.17) is 16.1 Å². The van der Waals surface area contributed by atoms with E-state index in [2.05, 4.69) is 21.2 Å². The molecule has 0 amide bonds. The molecule has 0 atom stereocenters. The molecule has 21 heavy (non-hydrogen) atoms. The first-order valence-electron chi connectivity index (χ1n) is 7.22. The van der Waals surface area contributed by atoms with Crippen molar-refractivity contribution in [3.05, 3.63) is 41.1 Å². The van der Waals surface area contributed by atoms with Crippen molar-refractivity contribution in [1.29, 1.82) is 0 Å². The van der Waals surface area contributed by atoms with E-state index in [0.717, 1.165) is 22.6 Å². The Hall–Kier alpha value is -1.88. The maximum atomic E-state index is 5.95. The summed E-state index contributed by atoms with van der Waals surface area (Å²) in [4.78, 5) is 8.65. The molecular weight excluding hydrogens is 288 g/mol. The monoisotopic (exact) mass is 302 g/mol. The van der Waals surface area contributed by atoms with Crippen molar-refractivity contribution in [2.45, 2.75) is 38.1 Å². The Morgan fingerprint density at radius 1 is 1.29 bits per heavy atom. The van der Waals surface area contributed by atoms with Gasteiger partial charge in [0.05, 0.1) is 12.9 Å². The smallest absolute Gasteiger partial charge is 0.161 e. The van der Waals surface area contributed by atoms with Crippen molar-refractivity contribution in [2.75, 3.05) is 0 Å². The molecule has 0 aliphatic heterocycles. The number of hydrogen-bond donors (Lipinski definition) is 0. The summed E-state index contributed by atoms with van der Waals surface area (Å²) in [5, 5.41) is 4.65. The fraction of sp³-hybridized carbons (Fsp3) is 0.400. The molecule has 1 fully saturated rings. The van der Waals surface area contributed by atoms with Crippen molar-refractivity contribution in [3.8, 4) is 0 Å². The fourth-order valence-electron chi connectivity index (χ4n) is 3.01. The Balaban J connectivity index is 1.61. The van der Waals surface area contributed by atoms with Gasteiger partial charge in [-0.3, -0.25) is 0 Å². The summed E-state index contributed by atoms with van der Waals surface area (Å²) in [5.41, 5.74) is 2.50. The van der Waals surface area contributed by atoms with Crippen molar-refractivity contribution in [1.82, 2.24) is 19.7 Å². The first-order chi connectivity index (χ1) is 10.3. The number of halogens is 1. The minimum absolute atomic E-state index is 0.469. The van der Waals surface area contributed by atoms with Crippen molar-refractivity contribution in [2.24, 2.45) is 0 Å². The predicted molar refractivity (Wildman–Crippen MR) is 79.4 cm³/mol. The molecule has 1 aliphatic rings. The number of nitrogens with zero attached hydrogens (tertiary/aromatic N) is 4. The summed E-state index contributed by atoms with van der Waals surface area (Å²) in [7, 11) is 0. The highest BCUT2D eigenvalue weighted by Crippen LogP contribution is 2.34. The average Bonchev–Trinajstić information content (AvgIpc) is 3.20. The van der Waals surface area contributed by atoms with Crippen molar-refractivity contribution < 1.29 is 4.52 Å². The lowest BCUT2D eigenvalue weighted by molar-refractivity contribution is 0.355. The second-order valence-corrected chi connectivity index (χ2v) is 5.94. The maximum Gasteiger partial charge on any atom is 0.161 e. The largest absolute Gasteiger partial charge is 0.361 e. The van der Waals surface area contributed by atoms with Crippen LogP contribution in [0.2, 0.25) is 5.15 Å². The lowest BCUT2D eigenvalue weighted by Crippen LogP contribution is -1.99. The van der Waals surface area contributed by atoms with E-state index < -0.39 is 0 Å². The predicted octanol–water partition coefficient (Wildman–Crippen LogP) is 3.78. The molecule has 0 spiro atoms. The van der Waals surface area contributed by atoms with Gasteiger partial charge in [0.15, 0.2) is 5.65 Å². The summed E-state index contributed by atoms with van der Waals surface area (Å²) in [5.74, 6) is 1.55. The van der Waals surface area contributed by atoms with Gasteiger partial charge >= 0.3 is 0 Å². The molecule has 3 aromatic heterocycles. The van der Waals surface area contributed by atoms with E-state index in [0.29, 0.717) is 17.6 Å². The zero-order valence-electron chi connectivity index (χ0n) is 11.5. The first-order valence-corrected chi connectivity index (χ1v) is 7.60. The normalized spacial score (nSPS) is 16.0. The summed E-state index contributed by atoms with van der Waals surface area (Å²) in [6, 6.07) is 5.68. The standard InChI is InChI=1S/C15H15ClN4O/c16-14-6-5-12-15(18-14)20(9-17-12)8-11-7-13(21-19-11)10-3-1-2-4-10/h5-7,9-10H,1-4,8H2. The van der Waals surface area contributed by atoms with Crippen LogP contribution in [0, 0.1) is 0 Å². The third-order valence-electron chi connectivity index (χ3n) is 4.10.